The first-order valence-corrected chi connectivity index (χ1v) is 10.7. The average molecular weight is 479 g/mol. The minimum atomic E-state index is -4.58. The van der Waals surface area contributed by atoms with Crippen LogP contribution in [0.4, 0.5) is 18.9 Å². The van der Waals surface area contributed by atoms with Crippen LogP contribution in [0.2, 0.25) is 5.02 Å². The van der Waals surface area contributed by atoms with Crippen LogP contribution in [0.25, 0.3) is 10.6 Å². The Labute approximate surface area is 178 Å². The fraction of sp³-hybridized carbons (Fsp3) is 0.125. The van der Waals surface area contributed by atoms with Gasteiger partial charge in [0.1, 0.15) is 15.6 Å². The van der Waals surface area contributed by atoms with Gasteiger partial charge in [0, 0.05) is 17.8 Å². The number of nitrogens with two attached hydrogens (primary N) is 1. The summed E-state index contributed by atoms with van der Waals surface area (Å²) in [5.74, 6) is 5.08. The molecule has 0 saturated heterocycles. The molecule has 0 unspecified atom stereocenters. The maximum absolute atomic E-state index is 13.0. The molecule has 2 aromatic heterocycles. The SMILES string of the molecule is Cn1nc(-c2ccc(S(=O)(=O)/N=C(\NN)Nc3ccc(Cl)cc3)s2)cc1C(F)(F)F. The third-order valence-corrected chi connectivity index (χ3v) is 6.82. The van der Waals surface area contributed by atoms with Crippen molar-refractivity contribution < 1.29 is 21.6 Å². The van der Waals surface area contributed by atoms with Crippen molar-refractivity contribution in [3.05, 3.63) is 53.2 Å². The van der Waals surface area contributed by atoms with Gasteiger partial charge < -0.3 is 5.32 Å². The number of halogens is 4. The molecule has 0 saturated carbocycles. The van der Waals surface area contributed by atoms with Crippen molar-refractivity contribution in [2.75, 3.05) is 5.32 Å². The fourth-order valence-corrected chi connectivity index (χ4v) is 4.66. The Kier molecular flexibility index (Phi) is 6.08. The van der Waals surface area contributed by atoms with Gasteiger partial charge in [0.2, 0.25) is 5.96 Å². The van der Waals surface area contributed by atoms with Crippen LogP contribution < -0.4 is 16.6 Å². The summed E-state index contributed by atoms with van der Waals surface area (Å²) in [5.41, 5.74) is 1.67. The van der Waals surface area contributed by atoms with E-state index in [1.54, 1.807) is 24.3 Å². The standard InChI is InChI=1S/C16H14ClF3N6O2S2/c1-26-13(16(18,19)20)8-11(24-26)12-6-7-14(29-12)30(27,28)25-15(23-21)22-10-4-2-9(17)3-5-10/h2-8H,21H2,1H3,(H2,22,23,25). The smallest absolute Gasteiger partial charge is 0.324 e. The van der Waals surface area contributed by atoms with E-state index in [0.717, 1.165) is 24.5 Å². The van der Waals surface area contributed by atoms with Crippen LogP contribution in [0.1, 0.15) is 5.69 Å². The Morgan fingerprint density at radius 2 is 1.90 bits per heavy atom. The predicted molar refractivity (Wildman–Crippen MR) is 109 cm³/mol. The molecule has 0 bridgehead atoms. The molecule has 0 aliphatic heterocycles. The van der Waals surface area contributed by atoms with E-state index in [4.69, 9.17) is 17.4 Å². The lowest BCUT2D eigenvalue weighted by molar-refractivity contribution is -0.143. The van der Waals surface area contributed by atoms with E-state index >= 15 is 0 Å². The summed E-state index contributed by atoms with van der Waals surface area (Å²) in [5, 5.41) is 6.98. The van der Waals surface area contributed by atoms with Gasteiger partial charge in [0.15, 0.2) is 0 Å². The van der Waals surface area contributed by atoms with Gasteiger partial charge in [-0.05, 0) is 42.5 Å². The van der Waals surface area contributed by atoms with Crippen molar-refractivity contribution >= 4 is 44.6 Å². The van der Waals surface area contributed by atoms with Crippen LogP contribution in [-0.4, -0.2) is 24.2 Å². The van der Waals surface area contributed by atoms with Crippen LogP contribution in [0, 0.1) is 0 Å². The molecular weight excluding hydrogens is 465 g/mol. The van der Waals surface area contributed by atoms with E-state index in [9.17, 15) is 21.6 Å². The van der Waals surface area contributed by atoms with Crippen molar-refractivity contribution in [3.8, 4) is 10.6 Å². The summed E-state index contributed by atoms with van der Waals surface area (Å²) in [6, 6.07) is 9.78. The molecular formula is C16H14ClF3N6O2S2. The number of anilines is 1. The highest BCUT2D eigenvalue weighted by Gasteiger charge is 2.35. The molecule has 30 heavy (non-hydrogen) atoms. The van der Waals surface area contributed by atoms with Gasteiger partial charge in [0.05, 0.1) is 4.88 Å². The first-order valence-electron chi connectivity index (χ1n) is 8.05. The zero-order chi connectivity index (χ0) is 22.1. The predicted octanol–water partition coefficient (Wildman–Crippen LogP) is 3.44. The molecule has 160 valence electrons. The second-order valence-electron chi connectivity index (χ2n) is 5.85. The van der Waals surface area contributed by atoms with Crippen LogP contribution >= 0.6 is 22.9 Å². The van der Waals surface area contributed by atoms with E-state index in [2.05, 4.69) is 20.2 Å². The third-order valence-electron chi connectivity index (χ3n) is 3.71. The highest BCUT2D eigenvalue weighted by molar-refractivity contribution is 7.92. The van der Waals surface area contributed by atoms with Gasteiger partial charge in [-0.2, -0.15) is 26.7 Å². The van der Waals surface area contributed by atoms with Crippen molar-refractivity contribution in [2.45, 2.75) is 10.4 Å². The average Bonchev–Trinajstić information content (AvgIpc) is 3.29. The van der Waals surface area contributed by atoms with Crippen molar-refractivity contribution in [1.82, 2.24) is 15.2 Å². The summed E-state index contributed by atoms with van der Waals surface area (Å²) in [7, 11) is -3.04. The van der Waals surface area contributed by atoms with E-state index in [1.807, 2.05) is 0 Å². The summed E-state index contributed by atoms with van der Waals surface area (Å²) in [4.78, 5) is 0.239. The number of nitrogens with zero attached hydrogens (tertiary/aromatic N) is 3. The monoisotopic (exact) mass is 478 g/mol. The number of nitrogens with one attached hydrogen (secondary N) is 2. The largest absolute Gasteiger partial charge is 0.433 e. The number of sulfonamides is 1. The number of hydrogen-bond donors (Lipinski definition) is 3. The van der Waals surface area contributed by atoms with Crippen molar-refractivity contribution in [2.24, 2.45) is 17.3 Å². The Morgan fingerprint density at radius 3 is 2.47 bits per heavy atom. The molecule has 2 heterocycles. The molecule has 0 atom stereocenters. The topological polar surface area (TPSA) is 114 Å². The van der Waals surface area contributed by atoms with Crippen LogP contribution in [0.3, 0.4) is 0 Å². The number of alkyl halides is 3. The number of aryl methyl sites for hydroxylation is 1. The number of thiophene rings is 1. The maximum atomic E-state index is 13.0. The Hall–Kier alpha value is -2.61. The molecule has 0 aliphatic carbocycles. The Balaban J connectivity index is 1.87. The van der Waals surface area contributed by atoms with Gasteiger partial charge in [-0.25, -0.2) is 5.84 Å². The van der Waals surface area contributed by atoms with E-state index in [1.165, 1.54) is 12.1 Å². The minimum Gasteiger partial charge on any atom is -0.324 e. The quantitative estimate of drug-likeness (QED) is 0.229. The van der Waals surface area contributed by atoms with Gasteiger partial charge in [-0.15, -0.1) is 15.7 Å². The summed E-state index contributed by atoms with van der Waals surface area (Å²) in [6.45, 7) is 0. The Bertz CT molecular complexity index is 1190. The fourth-order valence-electron chi connectivity index (χ4n) is 2.37. The Morgan fingerprint density at radius 1 is 1.23 bits per heavy atom. The van der Waals surface area contributed by atoms with Crippen molar-refractivity contribution in [3.63, 3.8) is 0 Å². The number of hydrogen-bond acceptors (Lipinski definition) is 5. The second kappa shape index (κ2) is 8.26. The van der Waals surface area contributed by atoms with Gasteiger partial charge in [0.25, 0.3) is 10.0 Å². The van der Waals surface area contributed by atoms with Crippen LogP contribution in [0.15, 0.2) is 51.1 Å². The summed E-state index contributed by atoms with van der Waals surface area (Å²) in [6.07, 6.45) is -4.58. The number of rotatable bonds is 4. The second-order valence-corrected chi connectivity index (χ2v) is 9.20. The third kappa shape index (κ3) is 4.92. The zero-order valence-electron chi connectivity index (χ0n) is 15.1. The number of benzene rings is 1. The van der Waals surface area contributed by atoms with Gasteiger partial charge >= 0.3 is 6.18 Å². The molecule has 4 N–H and O–H groups in total. The highest BCUT2D eigenvalue weighted by Crippen LogP contribution is 2.35. The van der Waals surface area contributed by atoms with E-state index < -0.39 is 21.9 Å². The number of guanidine groups is 1. The summed E-state index contributed by atoms with van der Waals surface area (Å²) < 4.78 is 68.1. The first kappa shape index (κ1) is 22.1. The molecule has 3 aromatic rings. The molecule has 0 fully saturated rings. The lowest BCUT2D eigenvalue weighted by Crippen LogP contribution is -2.36. The first-order chi connectivity index (χ1) is 14.0. The molecule has 1 aromatic carbocycles. The maximum Gasteiger partial charge on any atom is 0.433 e. The lowest BCUT2D eigenvalue weighted by Gasteiger charge is -2.08. The zero-order valence-corrected chi connectivity index (χ0v) is 17.5. The molecule has 0 spiro atoms. The normalized spacial score (nSPS) is 12.8. The molecule has 8 nitrogen and oxygen atoms in total. The van der Waals surface area contributed by atoms with Crippen LogP contribution in [-0.2, 0) is 23.2 Å². The molecule has 0 amide bonds. The lowest BCUT2D eigenvalue weighted by atomic mass is 10.3. The van der Waals surface area contributed by atoms with E-state index in [-0.39, 0.29) is 20.7 Å². The van der Waals surface area contributed by atoms with Gasteiger partial charge in [-0.3, -0.25) is 10.1 Å². The minimum absolute atomic E-state index is 0.00304. The van der Waals surface area contributed by atoms with Crippen molar-refractivity contribution in [1.29, 1.82) is 0 Å². The van der Waals surface area contributed by atoms with Gasteiger partial charge in [-0.1, -0.05) is 11.6 Å². The molecule has 0 aliphatic rings. The van der Waals surface area contributed by atoms with E-state index in [0.29, 0.717) is 15.4 Å². The molecule has 3 rings (SSSR count). The number of hydrazine groups is 1. The van der Waals surface area contributed by atoms with Crippen LogP contribution in [0.5, 0.6) is 0 Å². The molecule has 14 heteroatoms. The highest BCUT2D eigenvalue weighted by atomic mass is 35.5. The number of aromatic nitrogens is 2. The summed E-state index contributed by atoms with van der Waals surface area (Å²) >= 11 is 6.53. The molecule has 0 radical (unpaired) electrons.